The Labute approximate surface area is 96.6 Å². The fourth-order valence-corrected chi connectivity index (χ4v) is 2.11. The van der Waals surface area contributed by atoms with E-state index in [1.165, 1.54) is 12.1 Å². The lowest BCUT2D eigenvalue weighted by Crippen LogP contribution is -2.42. The molecule has 1 atom stereocenters. The molecular formula is C13H20FNO. The lowest BCUT2D eigenvalue weighted by Gasteiger charge is -2.36. The molecule has 0 radical (unpaired) electrons. The third kappa shape index (κ3) is 2.42. The van der Waals surface area contributed by atoms with Gasteiger partial charge in [-0.3, -0.25) is 0 Å². The smallest absolute Gasteiger partial charge is 0.123 e. The van der Waals surface area contributed by atoms with Crippen LogP contribution in [-0.2, 0) is 4.74 Å². The van der Waals surface area contributed by atoms with Gasteiger partial charge in [-0.15, -0.1) is 0 Å². The summed E-state index contributed by atoms with van der Waals surface area (Å²) in [6.45, 7) is 4.07. The van der Waals surface area contributed by atoms with E-state index in [9.17, 15) is 4.39 Å². The standard InChI is InChI=1S/C13H20FNO/c1-4-13(5-2,16-3)12(15)10-7-6-8-11(14)9-10/h6-9,12H,4-5,15H2,1-3H3. The van der Waals surface area contributed by atoms with Gasteiger partial charge in [-0.2, -0.15) is 0 Å². The SMILES string of the molecule is CCC(CC)(OC)C(N)c1cccc(F)c1. The Morgan fingerprint density at radius 3 is 2.44 bits per heavy atom. The van der Waals surface area contributed by atoms with Gasteiger partial charge in [-0.05, 0) is 30.5 Å². The van der Waals surface area contributed by atoms with Crippen LogP contribution in [0.4, 0.5) is 4.39 Å². The lowest BCUT2D eigenvalue weighted by molar-refractivity contribution is -0.0386. The average Bonchev–Trinajstić information content (AvgIpc) is 2.32. The molecule has 3 heteroatoms. The summed E-state index contributed by atoms with van der Waals surface area (Å²) >= 11 is 0. The van der Waals surface area contributed by atoms with E-state index in [2.05, 4.69) is 0 Å². The van der Waals surface area contributed by atoms with Crippen LogP contribution in [0.2, 0.25) is 0 Å². The maximum atomic E-state index is 13.1. The first-order chi connectivity index (χ1) is 7.59. The summed E-state index contributed by atoms with van der Waals surface area (Å²) in [5.41, 5.74) is 6.56. The summed E-state index contributed by atoms with van der Waals surface area (Å²) in [6.07, 6.45) is 1.61. The van der Waals surface area contributed by atoms with Crippen molar-refractivity contribution >= 4 is 0 Å². The molecule has 0 fully saturated rings. The molecule has 2 nitrogen and oxygen atoms in total. The molecule has 0 heterocycles. The molecule has 90 valence electrons. The number of hydrogen-bond acceptors (Lipinski definition) is 2. The molecule has 0 aliphatic carbocycles. The van der Waals surface area contributed by atoms with Gasteiger partial charge in [0.25, 0.3) is 0 Å². The van der Waals surface area contributed by atoms with E-state index < -0.39 is 5.60 Å². The van der Waals surface area contributed by atoms with Crippen molar-refractivity contribution in [3.63, 3.8) is 0 Å². The van der Waals surface area contributed by atoms with E-state index >= 15 is 0 Å². The van der Waals surface area contributed by atoms with Crippen molar-refractivity contribution in [2.24, 2.45) is 5.73 Å². The van der Waals surface area contributed by atoms with Crippen molar-refractivity contribution in [2.75, 3.05) is 7.11 Å². The average molecular weight is 225 g/mol. The van der Waals surface area contributed by atoms with Gasteiger partial charge >= 0.3 is 0 Å². The van der Waals surface area contributed by atoms with Crippen molar-refractivity contribution in [3.05, 3.63) is 35.6 Å². The largest absolute Gasteiger partial charge is 0.376 e. The molecule has 2 N–H and O–H groups in total. The minimum absolute atomic E-state index is 0.259. The van der Waals surface area contributed by atoms with E-state index in [0.717, 1.165) is 18.4 Å². The Balaban J connectivity index is 3.03. The van der Waals surface area contributed by atoms with Crippen molar-refractivity contribution in [1.82, 2.24) is 0 Å². The van der Waals surface area contributed by atoms with Crippen LogP contribution in [0.5, 0.6) is 0 Å². The normalized spacial score (nSPS) is 13.8. The van der Waals surface area contributed by atoms with Gasteiger partial charge in [0.05, 0.1) is 11.6 Å². The number of rotatable bonds is 5. The van der Waals surface area contributed by atoms with Crippen LogP contribution in [0.1, 0.15) is 38.3 Å². The number of methoxy groups -OCH3 is 1. The van der Waals surface area contributed by atoms with Gasteiger partial charge in [-0.25, -0.2) is 4.39 Å². The van der Waals surface area contributed by atoms with Gasteiger partial charge in [0.1, 0.15) is 5.82 Å². The van der Waals surface area contributed by atoms with E-state index in [4.69, 9.17) is 10.5 Å². The maximum Gasteiger partial charge on any atom is 0.123 e. The number of nitrogens with two attached hydrogens (primary N) is 1. The summed E-state index contributed by atoms with van der Waals surface area (Å²) in [4.78, 5) is 0. The fraction of sp³-hybridized carbons (Fsp3) is 0.538. The molecule has 0 bridgehead atoms. The molecule has 1 rings (SSSR count). The minimum atomic E-state index is -0.409. The first-order valence-corrected chi connectivity index (χ1v) is 5.65. The van der Waals surface area contributed by atoms with E-state index in [1.54, 1.807) is 13.2 Å². The third-order valence-corrected chi connectivity index (χ3v) is 3.38. The molecule has 0 aromatic heterocycles. The molecule has 0 amide bonds. The van der Waals surface area contributed by atoms with Crippen LogP contribution in [0.15, 0.2) is 24.3 Å². The predicted octanol–water partition coefficient (Wildman–Crippen LogP) is 3.03. The summed E-state index contributed by atoms with van der Waals surface area (Å²) in [6, 6.07) is 6.11. The molecule has 16 heavy (non-hydrogen) atoms. The molecule has 1 unspecified atom stereocenters. The molecule has 0 saturated heterocycles. The zero-order valence-electron chi connectivity index (χ0n) is 10.2. The number of hydrogen-bond donors (Lipinski definition) is 1. The zero-order chi connectivity index (χ0) is 12.2. The highest BCUT2D eigenvalue weighted by Gasteiger charge is 2.34. The second-order valence-corrected chi connectivity index (χ2v) is 4.01. The number of benzene rings is 1. The minimum Gasteiger partial charge on any atom is -0.376 e. The molecule has 0 aliphatic rings. The maximum absolute atomic E-state index is 13.1. The molecule has 0 spiro atoms. The van der Waals surface area contributed by atoms with Crippen LogP contribution in [0.25, 0.3) is 0 Å². The Morgan fingerprint density at radius 2 is 2.00 bits per heavy atom. The number of ether oxygens (including phenoxy) is 1. The number of halogens is 1. The summed E-state index contributed by atoms with van der Waals surface area (Å²) < 4.78 is 18.7. The molecule has 1 aromatic rings. The van der Waals surface area contributed by atoms with Crippen LogP contribution in [-0.4, -0.2) is 12.7 Å². The molecule has 0 aliphatic heterocycles. The van der Waals surface area contributed by atoms with Crippen molar-refractivity contribution in [3.8, 4) is 0 Å². The highest BCUT2D eigenvalue weighted by molar-refractivity contribution is 5.22. The molecular weight excluding hydrogens is 205 g/mol. The first-order valence-electron chi connectivity index (χ1n) is 5.65. The zero-order valence-corrected chi connectivity index (χ0v) is 10.2. The van der Waals surface area contributed by atoms with Crippen molar-refractivity contribution < 1.29 is 9.13 Å². The van der Waals surface area contributed by atoms with E-state index in [0.29, 0.717) is 0 Å². The first kappa shape index (κ1) is 13.1. The monoisotopic (exact) mass is 225 g/mol. The quantitative estimate of drug-likeness (QED) is 0.836. The Morgan fingerprint density at radius 1 is 1.38 bits per heavy atom. The Bertz CT molecular complexity index is 328. The van der Waals surface area contributed by atoms with Gasteiger partial charge in [0.2, 0.25) is 0 Å². The Hall–Kier alpha value is -0.930. The summed E-state index contributed by atoms with van der Waals surface area (Å²) in [7, 11) is 1.66. The van der Waals surface area contributed by atoms with E-state index in [-0.39, 0.29) is 11.9 Å². The third-order valence-electron chi connectivity index (χ3n) is 3.38. The van der Waals surface area contributed by atoms with Gasteiger partial charge < -0.3 is 10.5 Å². The highest BCUT2D eigenvalue weighted by Crippen LogP contribution is 2.33. The summed E-state index contributed by atoms with van der Waals surface area (Å²) in [5, 5.41) is 0. The summed E-state index contributed by atoms with van der Waals surface area (Å²) in [5.74, 6) is -0.259. The van der Waals surface area contributed by atoms with Crippen molar-refractivity contribution in [1.29, 1.82) is 0 Å². The second-order valence-electron chi connectivity index (χ2n) is 4.01. The Kier molecular flexibility index (Phi) is 4.44. The fourth-order valence-electron chi connectivity index (χ4n) is 2.11. The van der Waals surface area contributed by atoms with Crippen molar-refractivity contribution in [2.45, 2.75) is 38.3 Å². The van der Waals surface area contributed by atoms with Crippen LogP contribution >= 0.6 is 0 Å². The van der Waals surface area contributed by atoms with Crippen LogP contribution in [0, 0.1) is 5.82 Å². The van der Waals surface area contributed by atoms with Crippen LogP contribution < -0.4 is 5.73 Å². The highest BCUT2D eigenvalue weighted by atomic mass is 19.1. The molecule has 0 saturated carbocycles. The van der Waals surface area contributed by atoms with Gasteiger partial charge in [-0.1, -0.05) is 26.0 Å². The topological polar surface area (TPSA) is 35.2 Å². The lowest BCUT2D eigenvalue weighted by atomic mass is 9.84. The van der Waals surface area contributed by atoms with Crippen LogP contribution in [0.3, 0.4) is 0 Å². The van der Waals surface area contributed by atoms with Gasteiger partial charge in [0.15, 0.2) is 0 Å². The van der Waals surface area contributed by atoms with E-state index in [1.807, 2.05) is 19.9 Å². The predicted molar refractivity (Wildman–Crippen MR) is 63.7 cm³/mol. The second kappa shape index (κ2) is 5.41. The van der Waals surface area contributed by atoms with Gasteiger partial charge in [0, 0.05) is 7.11 Å². The molecule has 1 aromatic carbocycles.